The molecule has 0 unspecified atom stereocenters. The number of ether oxygens (including phenoxy) is 1. The highest BCUT2D eigenvalue weighted by Crippen LogP contribution is 2.33. The molecule has 0 aliphatic carbocycles. The molecule has 2 rings (SSSR count). The molecule has 0 radical (unpaired) electrons. The lowest BCUT2D eigenvalue weighted by Crippen LogP contribution is -2.40. The van der Waals surface area contributed by atoms with Crippen molar-refractivity contribution in [3.8, 4) is 6.07 Å². The maximum absolute atomic E-state index is 12.9. The van der Waals surface area contributed by atoms with Crippen LogP contribution in [0.1, 0.15) is 49.5 Å². The summed E-state index contributed by atoms with van der Waals surface area (Å²) in [6, 6.07) is 19.8. The van der Waals surface area contributed by atoms with Crippen LogP contribution in [0.25, 0.3) is 0 Å². The fourth-order valence-corrected chi connectivity index (χ4v) is 2.69. The number of esters is 1. The van der Waals surface area contributed by atoms with Crippen LogP contribution in [-0.2, 0) is 14.9 Å². The van der Waals surface area contributed by atoms with Gasteiger partial charge < -0.3 is 4.74 Å². The molecule has 4 nitrogen and oxygen atoms in total. The smallest absolute Gasteiger partial charge is 0.331 e. The van der Waals surface area contributed by atoms with Gasteiger partial charge in [-0.15, -0.1) is 0 Å². The fraction of sp³-hybridized carbons (Fsp3) is 0.318. The highest BCUT2D eigenvalue weighted by molar-refractivity contribution is 5.97. The van der Waals surface area contributed by atoms with Gasteiger partial charge in [-0.05, 0) is 32.8 Å². The molecule has 2 aromatic carbocycles. The van der Waals surface area contributed by atoms with Crippen LogP contribution in [0.4, 0.5) is 0 Å². The van der Waals surface area contributed by atoms with Crippen LogP contribution >= 0.6 is 0 Å². The highest BCUT2D eigenvalue weighted by Gasteiger charge is 2.44. The molecule has 0 aliphatic rings. The van der Waals surface area contributed by atoms with E-state index in [2.05, 4.69) is 6.07 Å². The van der Waals surface area contributed by atoms with Crippen molar-refractivity contribution < 1.29 is 14.3 Å². The minimum Gasteiger partial charge on any atom is -0.459 e. The average Bonchev–Trinajstić information content (AvgIpc) is 2.62. The Hall–Kier alpha value is -2.93. The first kappa shape index (κ1) is 19.4. The molecular weight excluding hydrogens is 326 g/mol. The standard InChI is InChI=1S/C22H23NO3/c1-21(2,3)26-20(25)22(16-23,18-12-8-5-9-13-18)15-14-19(24)17-10-6-4-7-11-17/h4-13H,14-15H2,1-3H3/t22-/m0/s1. The molecule has 0 N–H and O–H groups in total. The molecule has 134 valence electrons. The fourth-order valence-electron chi connectivity index (χ4n) is 2.69. The Morgan fingerprint density at radius 1 is 0.962 bits per heavy atom. The second-order valence-electron chi connectivity index (χ2n) is 7.17. The summed E-state index contributed by atoms with van der Waals surface area (Å²) in [5, 5.41) is 9.92. The Kier molecular flexibility index (Phi) is 5.94. The molecule has 0 spiro atoms. The van der Waals surface area contributed by atoms with Crippen molar-refractivity contribution in [3.63, 3.8) is 0 Å². The predicted octanol–water partition coefficient (Wildman–Crippen LogP) is 4.45. The summed E-state index contributed by atoms with van der Waals surface area (Å²) >= 11 is 0. The zero-order valence-electron chi connectivity index (χ0n) is 15.4. The first-order chi connectivity index (χ1) is 12.3. The molecule has 1 atom stereocenters. The second kappa shape index (κ2) is 7.97. The van der Waals surface area contributed by atoms with E-state index < -0.39 is 17.0 Å². The quantitative estimate of drug-likeness (QED) is 0.571. The molecule has 0 heterocycles. The first-order valence-electron chi connectivity index (χ1n) is 8.57. The number of carbonyl (C=O) groups excluding carboxylic acids is 2. The van der Waals surface area contributed by atoms with Crippen LogP contribution in [0.3, 0.4) is 0 Å². The number of nitrogens with zero attached hydrogens (tertiary/aromatic N) is 1. The van der Waals surface area contributed by atoms with Crippen LogP contribution in [0.15, 0.2) is 60.7 Å². The number of rotatable bonds is 6. The number of Topliss-reactive ketones (excluding diaryl/α,β-unsaturated/α-hetero) is 1. The predicted molar refractivity (Wildman–Crippen MR) is 99.6 cm³/mol. The second-order valence-corrected chi connectivity index (χ2v) is 7.17. The van der Waals surface area contributed by atoms with E-state index in [1.54, 1.807) is 69.3 Å². The lowest BCUT2D eigenvalue weighted by molar-refractivity contribution is -0.160. The van der Waals surface area contributed by atoms with Crippen molar-refractivity contribution in [2.24, 2.45) is 0 Å². The summed E-state index contributed by atoms with van der Waals surface area (Å²) in [4.78, 5) is 25.4. The van der Waals surface area contributed by atoms with Gasteiger partial charge in [0.2, 0.25) is 0 Å². The lowest BCUT2D eigenvalue weighted by Gasteiger charge is -2.29. The molecule has 0 aliphatic heterocycles. The van der Waals surface area contributed by atoms with Crippen LogP contribution in [0.2, 0.25) is 0 Å². The monoisotopic (exact) mass is 349 g/mol. The number of ketones is 1. The molecule has 0 aromatic heterocycles. The van der Waals surface area contributed by atoms with Gasteiger partial charge in [0.15, 0.2) is 11.2 Å². The van der Waals surface area contributed by atoms with Gasteiger partial charge in [-0.2, -0.15) is 5.26 Å². The summed E-state index contributed by atoms with van der Waals surface area (Å²) in [6.45, 7) is 5.27. The summed E-state index contributed by atoms with van der Waals surface area (Å²) in [5.41, 5.74) is -1.13. The molecule has 0 amide bonds. The minimum absolute atomic E-state index is 0.0656. The Bertz CT molecular complexity index is 801. The van der Waals surface area contributed by atoms with Gasteiger partial charge in [-0.25, -0.2) is 4.79 Å². The molecule has 0 saturated heterocycles. The molecule has 0 saturated carbocycles. The Morgan fingerprint density at radius 3 is 2.00 bits per heavy atom. The zero-order chi connectivity index (χ0) is 19.2. The van der Waals surface area contributed by atoms with E-state index >= 15 is 0 Å². The number of nitriles is 1. The van der Waals surface area contributed by atoms with Crippen molar-refractivity contribution >= 4 is 11.8 Å². The van der Waals surface area contributed by atoms with Crippen LogP contribution in [-0.4, -0.2) is 17.4 Å². The minimum atomic E-state index is -1.51. The van der Waals surface area contributed by atoms with E-state index in [-0.39, 0.29) is 18.6 Å². The third-order valence-electron chi connectivity index (χ3n) is 4.03. The van der Waals surface area contributed by atoms with E-state index in [4.69, 9.17) is 4.74 Å². The SMILES string of the molecule is CC(C)(C)OC(=O)[C@](C#N)(CCC(=O)c1ccccc1)c1ccccc1. The van der Waals surface area contributed by atoms with Gasteiger partial charge in [-0.1, -0.05) is 60.7 Å². The molecule has 26 heavy (non-hydrogen) atoms. The number of benzene rings is 2. The van der Waals surface area contributed by atoms with Crippen LogP contribution in [0, 0.1) is 11.3 Å². The molecule has 0 bridgehead atoms. The molecule has 0 fully saturated rings. The molecular formula is C22H23NO3. The lowest BCUT2D eigenvalue weighted by atomic mass is 9.77. The zero-order valence-corrected chi connectivity index (χ0v) is 15.4. The molecule has 4 heteroatoms. The topological polar surface area (TPSA) is 67.2 Å². The van der Waals surface area contributed by atoms with Crippen molar-refractivity contribution in [3.05, 3.63) is 71.8 Å². The van der Waals surface area contributed by atoms with Crippen molar-refractivity contribution in [1.29, 1.82) is 5.26 Å². The summed E-state index contributed by atoms with van der Waals surface area (Å²) in [5.74, 6) is -0.732. The van der Waals surface area contributed by atoms with E-state index in [1.165, 1.54) is 0 Å². The van der Waals surface area contributed by atoms with Gasteiger partial charge in [0.25, 0.3) is 0 Å². The summed E-state index contributed by atoms with van der Waals surface area (Å²) in [7, 11) is 0. The molecule has 2 aromatic rings. The third-order valence-corrected chi connectivity index (χ3v) is 4.03. The normalized spacial score (nSPS) is 13.3. The van der Waals surface area contributed by atoms with Gasteiger partial charge in [0.1, 0.15) is 5.60 Å². The highest BCUT2D eigenvalue weighted by atomic mass is 16.6. The summed E-state index contributed by atoms with van der Waals surface area (Å²) < 4.78 is 5.51. The Balaban J connectivity index is 2.33. The summed E-state index contributed by atoms with van der Waals surface area (Å²) in [6.07, 6.45) is 0.141. The van der Waals surface area contributed by atoms with Crippen LogP contribution < -0.4 is 0 Å². The van der Waals surface area contributed by atoms with Crippen LogP contribution in [0.5, 0.6) is 0 Å². The van der Waals surface area contributed by atoms with E-state index in [0.717, 1.165) is 0 Å². The van der Waals surface area contributed by atoms with Gasteiger partial charge in [0.05, 0.1) is 6.07 Å². The van der Waals surface area contributed by atoms with E-state index in [1.807, 2.05) is 12.1 Å². The van der Waals surface area contributed by atoms with Crippen molar-refractivity contribution in [2.45, 2.75) is 44.6 Å². The Labute approximate surface area is 154 Å². The maximum atomic E-state index is 12.9. The van der Waals surface area contributed by atoms with Crippen molar-refractivity contribution in [1.82, 2.24) is 0 Å². The van der Waals surface area contributed by atoms with Gasteiger partial charge >= 0.3 is 5.97 Å². The van der Waals surface area contributed by atoms with E-state index in [9.17, 15) is 14.9 Å². The third kappa shape index (κ3) is 4.58. The number of carbonyl (C=O) groups is 2. The van der Waals surface area contributed by atoms with Gasteiger partial charge in [0, 0.05) is 12.0 Å². The Morgan fingerprint density at radius 2 is 1.50 bits per heavy atom. The number of hydrogen-bond donors (Lipinski definition) is 0. The van der Waals surface area contributed by atoms with E-state index in [0.29, 0.717) is 11.1 Å². The van der Waals surface area contributed by atoms with Gasteiger partial charge in [-0.3, -0.25) is 4.79 Å². The average molecular weight is 349 g/mol. The maximum Gasteiger partial charge on any atom is 0.331 e. The largest absolute Gasteiger partial charge is 0.459 e. The first-order valence-corrected chi connectivity index (χ1v) is 8.57. The van der Waals surface area contributed by atoms with Crippen molar-refractivity contribution in [2.75, 3.05) is 0 Å². The number of hydrogen-bond acceptors (Lipinski definition) is 4.